The fourth-order valence-electron chi connectivity index (χ4n) is 4.09. The van der Waals surface area contributed by atoms with Crippen molar-refractivity contribution in [3.8, 4) is 17.0 Å². The van der Waals surface area contributed by atoms with Crippen molar-refractivity contribution in [3.63, 3.8) is 0 Å². The van der Waals surface area contributed by atoms with Gasteiger partial charge in [0.15, 0.2) is 5.76 Å². The van der Waals surface area contributed by atoms with Crippen LogP contribution in [0.2, 0.25) is 0 Å². The van der Waals surface area contributed by atoms with Crippen molar-refractivity contribution in [1.29, 1.82) is 0 Å². The molecule has 0 unspecified atom stereocenters. The van der Waals surface area contributed by atoms with Crippen LogP contribution >= 0.6 is 0 Å². The van der Waals surface area contributed by atoms with E-state index < -0.39 is 0 Å². The minimum atomic E-state index is -0.0403. The maximum atomic E-state index is 12.5. The summed E-state index contributed by atoms with van der Waals surface area (Å²) >= 11 is 0. The van der Waals surface area contributed by atoms with Gasteiger partial charge in [0, 0.05) is 43.9 Å². The Hall–Kier alpha value is -3.58. The molecular weight excluding hydrogens is 392 g/mol. The number of aromatic nitrogens is 2. The van der Waals surface area contributed by atoms with Crippen molar-refractivity contribution >= 4 is 16.7 Å². The Bertz CT molecular complexity index is 1190. The summed E-state index contributed by atoms with van der Waals surface area (Å²) in [5.41, 5.74) is 3.29. The number of piperazine rings is 1. The lowest BCUT2D eigenvalue weighted by Crippen LogP contribution is -2.48. The molecule has 1 aliphatic rings. The lowest BCUT2D eigenvalue weighted by molar-refractivity contribution is 0.0598. The summed E-state index contributed by atoms with van der Waals surface area (Å²) < 4.78 is 10.6. The van der Waals surface area contributed by atoms with Crippen molar-refractivity contribution in [1.82, 2.24) is 20.0 Å². The maximum absolute atomic E-state index is 12.5. The highest BCUT2D eigenvalue weighted by Gasteiger charge is 2.24. The molecule has 0 atom stereocenters. The van der Waals surface area contributed by atoms with Gasteiger partial charge in [-0.2, -0.15) is 5.10 Å². The van der Waals surface area contributed by atoms with E-state index in [2.05, 4.69) is 39.4 Å². The fraction of sp³-hybridized carbons (Fsp3) is 0.250. The largest absolute Gasteiger partial charge is 0.497 e. The number of nitrogens with zero attached hydrogens (tertiary/aromatic N) is 3. The molecule has 0 aliphatic carbocycles. The Labute approximate surface area is 180 Å². The summed E-state index contributed by atoms with van der Waals surface area (Å²) in [6.07, 6.45) is 3.43. The summed E-state index contributed by atoms with van der Waals surface area (Å²) in [7, 11) is 1.68. The first-order valence-corrected chi connectivity index (χ1v) is 10.4. The summed E-state index contributed by atoms with van der Waals surface area (Å²) in [5.74, 6) is 1.22. The molecule has 1 N–H and O–H groups in total. The number of furan rings is 1. The van der Waals surface area contributed by atoms with Gasteiger partial charge in [0.25, 0.3) is 5.91 Å². The van der Waals surface area contributed by atoms with E-state index in [4.69, 9.17) is 9.15 Å². The number of hydrogen-bond donors (Lipinski definition) is 1. The van der Waals surface area contributed by atoms with Gasteiger partial charge in [0.1, 0.15) is 5.75 Å². The number of methoxy groups -OCH3 is 1. The molecular formula is C24H24N4O3. The quantitative estimate of drug-likeness (QED) is 0.536. The van der Waals surface area contributed by atoms with Gasteiger partial charge in [-0.15, -0.1) is 0 Å². The average molecular weight is 416 g/mol. The van der Waals surface area contributed by atoms with E-state index in [0.717, 1.165) is 53.0 Å². The smallest absolute Gasteiger partial charge is 0.289 e. The minimum Gasteiger partial charge on any atom is -0.497 e. The zero-order chi connectivity index (χ0) is 21.2. The van der Waals surface area contributed by atoms with Crippen LogP contribution in [0.5, 0.6) is 5.75 Å². The zero-order valence-corrected chi connectivity index (χ0v) is 17.4. The lowest BCUT2D eigenvalue weighted by Gasteiger charge is -2.34. The highest BCUT2D eigenvalue weighted by molar-refractivity contribution is 5.91. The highest BCUT2D eigenvalue weighted by Crippen LogP contribution is 2.28. The van der Waals surface area contributed by atoms with Crippen LogP contribution in [0, 0.1) is 0 Å². The SMILES string of the molecule is COc1ccc2cc(-c3[nH]ncc3CN3CCN(C(=O)c4ccco4)CC3)ccc2c1. The van der Waals surface area contributed by atoms with E-state index in [1.54, 1.807) is 19.2 Å². The number of aromatic amines is 1. The molecule has 7 heteroatoms. The van der Waals surface area contributed by atoms with Crippen LogP contribution in [0.3, 0.4) is 0 Å². The van der Waals surface area contributed by atoms with Gasteiger partial charge >= 0.3 is 0 Å². The number of rotatable bonds is 5. The molecule has 3 heterocycles. The molecule has 0 radical (unpaired) electrons. The van der Waals surface area contributed by atoms with E-state index in [0.29, 0.717) is 18.8 Å². The molecule has 0 bridgehead atoms. The zero-order valence-electron chi connectivity index (χ0n) is 17.4. The van der Waals surface area contributed by atoms with Gasteiger partial charge in [-0.3, -0.25) is 14.8 Å². The minimum absolute atomic E-state index is 0.0403. The number of fused-ring (bicyclic) bond motifs is 1. The Morgan fingerprint density at radius 2 is 1.90 bits per heavy atom. The van der Waals surface area contributed by atoms with Crippen molar-refractivity contribution in [3.05, 3.63) is 72.3 Å². The van der Waals surface area contributed by atoms with Crippen LogP contribution in [0.4, 0.5) is 0 Å². The molecule has 0 saturated carbocycles. The first-order chi connectivity index (χ1) is 15.2. The number of carbonyl (C=O) groups excluding carboxylic acids is 1. The number of hydrogen-bond acceptors (Lipinski definition) is 5. The normalized spacial score (nSPS) is 14.8. The summed E-state index contributed by atoms with van der Waals surface area (Å²) in [6, 6.07) is 15.9. The highest BCUT2D eigenvalue weighted by atomic mass is 16.5. The topological polar surface area (TPSA) is 74.6 Å². The monoisotopic (exact) mass is 416 g/mol. The van der Waals surface area contributed by atoms with Gasteiger partial charge in [0.2, 0.25) is 0 Å². The van der Waals surface area contributed by atoms with Crippen LogP contribution in [-0.4, -0.2) is 59.2 Å². The molecule has 0 spiro atoms. The van der Waals surface area contributed by atoms with E-state index >= 15 is 0 Å². The number of ether oxygens (including phenoxy) is 1. The van der Waals surface area contributed by atoms with Gasteiger partial charge < -0.3 is 14.1 Å². The van der Waals surface area contributed by atoms with E-state index in [1.165, 1.54) is 6.26 Å². The molecule has 1 fully saturated rings. The Morgan fingerprint density at radius 1 is 1.10 bits per heavy atom. The third-order valence-corrected chi connectivity index (χ3v) is 5.84. The van der Waals surface area contributed by atoms with Crippen molar-refractivity contribution in [2.24, 2.45) is 0 Å². The number of nitrogens with one attached hydrogen (secondary N) is 1. The van der Waals surface area contributed by atoms with Gasteiger partial charge in [-0.25, -0.2) is 0 Å². The van der Waals surface area contributed by atoms with Gasteiger partial charge in [-0.05, 0) is 41.1 Å². The van der Waals surface area contributed by atoms with E-state index in [-0.39, 0.29) is 5.91 Å². The third kappa shape index (κ3) is 3.92. The molecule has 7 nitrogen and oxygen atoms in total. The molecule has 4 aromatic rings. The van der Waals surface area contributed by atoms with Crippen molar-refractivity contribution in [2.75, 3.05) is 33.3 Å². The number of H-pyrrole nitrogens is 1. The fourth-order valence-corrected chi connectivity index (χ4v) is 4.09. The number of benzene rings is 2. The molecule has 5 rings (SSSR count). The van der Waals surface area contributed by atoms with E-state index in [9.17, 15) is 4.79 Å². The second-order valence-corrected chi connectivity index (χ2v) is 7.74. The predicted molar refractivity (Wildman–Crippen MR) is 118 cm³/mol. The second-order valence-electron chi connectivity index (χ2n) is 7.74. The first-order valence-electron chi connectivity index (χ1n) is 10.4. The summed E-state index contributed by atoms with van der Waals surface area (Å²) in [5, 5.41) is 9.76. The number of amides is 1. The molecule has 31 heavy (non-hydrogen) atoms. The van der Waals surface area contributed by atoms with Crippen molar-refractivity contribution in [2.45, 2.75) is 6.54 Å². The summed E-state index contributed by atoms with van der Waals surface area (Å²) in [4.78, 5) is 16.7. The molecule has 1 amide bonds. The third-order valence-electron chi connectivity index (χ3n) is 5.84. The average Bonchev–Trinajstić information content (AvgIpc) is 3.51. The standard InChI is InChI=1S/C24H24N4O3/c1-30-21-7-6-17-13-19(5-4-18(17)14-21)23-20(15-25-26-23)16-27-8-10-28(11-9-27)24(29)22-3-2-12-31-22/h2-7,12-15H,8-11,16H2,1H3,(H,25,26). The molecule has 2 aromatic carbocycles. The second kappa shape index (κ2) is 8.28. The molecule has 1 aliphatic heterocycles. The Balaban J connectivity index is 1.28. The number of carbonyl (C=O) groups is 1. The van der Waals surface area contributed by atoms with Crippen LogP contribution in [-0.2, 0) is 6.54 Å². The molecule has 158 valence electrons. The van der Waals surface area contributed by atoms with Crippen molar-refractivity contribution < 1.29 is 13.9 Å². The molecule has 2 aromatic heterocycles. The van der Waals surface area contributed by atoms with Crippen LogP contribution in [0.1, 0.15) is 16.1 Å². The Kier molecular flexibility index (Phi) is 5.18. The maximum Gasteiger partial charge on any atom is 0.289 e. The predicted octanol–water partition coefficient (Wildman–Crippen LogP) is 3.79. The first kappa shape index (κ1) is 19.4. The molecule has 1 saturated heterocycles. The van der Waals surface area contributed by atoms with Crippen LogP contribution in [0.25, 0.3) is 22.0 Å². The van der Waals surface area contributed by atoms with Crippen LogP contribution < -0.4 is 4.74 Å². The van der Waals surface area contributed by atoms with Gasteiger partial charge in [-0.1, -0.05) is 18.2 Å². The van der Waals surface area contributed by atoms with E-state index in [1.807, 2.05) is 23.2 Å². The lowest BCUT2D eigenvalue weighted by atomic mass is 10.0. The summed E-state index contributed by atoms with van der Waals surface area (Å²) in [6.45, 7) is 3.79. The van der Waals surface area contributed by atoms with Crippen LogP contribution in [0.15, 0.2) is 65.4 Å². The Morgan fingerprint density at radius 3 is 2.68 bits per heavy atom. The van der Waals surface area contributed by atoms with Gasteiger partial charge in [0.05, 0.1) is 25.3 Å².